The Morgan fingerprint density at radius 3 is 2.88 bits per heavy atom. The highest BCUT2D eigenvalue weighted by Gasteiger charge is 2.16. The molecular weight excluding hydrogens is 376 g/mol. The number of furan rings is 1. The van der Waals surface area contributed by atoms with Crippen LogP contribution >= 0.6 is 15.9 Å². The van der Waals surface area contributed by atoms with Gasteiger partial charge in [-0.2, -0.15) is 10.1 Å². The molecule has 0 saturated carbocycles. The number of nitrogens with zero attached hydrogens (tertiary/aromatic N) is 4. The van der Waals surface area contributed by atoms with Crippen molar-refractivity contribution in [3.05, 3.63) is 58.6 Å². The standard InChI is InChI=1S/C16H11BrFN5O/c17-10-4-3-9(12(18)6-10)8-23-15-11(7-20-23)14(21-16(19)22-15)13-2-1-5-24-13/h1-7H,8H2,(H2,19,21,22)/i18-1. The lowest BCUT2D eigenvalue weighted by Crippen LogP contribution is -2.06. The molecule has 0 radical (unpaired) electrons. The molecule has 3 aromatic heterocycles. The maximum absolute atomic E-state index is 14.1. The van der Waals surface area contributed by atoms with Crippen LogP contribution in [0.25, 0.3) is 22.5 Å². The zero-order valence-corrected chi connectivity index (χ0v) is 13.9. The highest BCUT2D eigenvalue weighted by atomic mass is 79.9. The average Bonchev–Trinajstić information content (AvgIpc) is 3.20. The predicted octanol–water partition coefficient (Wildman–Crippen LogP) is 3.62. The zero-order valence-electron chi connectivity index (χ0n) is 12.3. The molecule has 0 unspecified atom stereocenters. The number of fused-ring (bicyclic) bond motifs is 1. The number of nitrogen functional groups attached to an aromatic ring is 1. The zero-order chi connectivity index (χ0) is 16.7. The van der Waals surface area contributed by atoms with E-state index in [1.165, 1.54) is 6.07 Å². The number of anilines is 1. The van der Waals surface area contributed by atoms with Gasteiger partial charge in [-0.25, -0.2) is 14.1 Å². The lowest BCUT2D eigenvalue weighted by atomic mass is 10.2. The van der Waals surface area contributed by atoms with Gasteiger partial charge in [0.05, 0.1) is 24.4 Å². The third-order valence-corrected chi connectivity index (χ3v) is 4.10. The van der Waals surface area contributed by atoms with Gasteiger partial charge in [0.25, 0.3) is 0 Å². The van der Waals surface area contributed by atoms with Gasteiger partial charge in [-0.15, -0.1) is 0 Å². The van der Waals surface area contributed by atoms with Crippen LogP contribution in [0.2, 0.25) is 0 Å². The Morgan fingerprint density at radius 2 is 2.12 bits per heavy atom. The molecule has 0 bridgehead atoms. The number of halogens is 2. The van der Waals surface area contributed by atoms with Crippen LogP contribution in [-0.4, -0.2) is 19.7 Å². The Bertz CT molecular complexity index is 1030. The molecule has 0 aliphatic heterocycles. The summed E-state index contributed by atoms with van der Waals surface area (Å²) in [5.74, 6) is 0.358. The second-order valence-corrected chi connectivity index (χ2v) is 6.10. The summed E-state index contributed by atoms with van der Waals surface area (Å²) in [6.45, 7) is 0.233. The van der Waals surface area contributed by atoms with Crippen molar-refractivity contribution in [2.75, 3.05) is 5.73 Å². The van der Waals surface area contributed by atoms with E-state index < -0.39 is 0 Å². The van der Waals surface area contributed by atoms with Crippen LogP contribution in [0.1, 0.15) is 5.56 Å². The SMILES string of the molecule is Nc1nc(-c2ccco2)c2cnn(Cc3ccc(Br)cc3[18F])c2n1. The molecule has 1 aromatic carbocycles. The van der Waals surface area contributed by atoms with Crippen LogP contribution < -0.4 is 5.73 Å². The number of hydrogen-bond acceptors (Lipinski definition) is 5. The first kappa shape index (κ1) is 14.8. The van der Waals surface area contributed by atoms with Gasteiger partial charge in [0.15, 0.2) is 11.4 Å². The Hall–Kier alpha value is -2.74. The van der Waals surface area contributed by atoms with E-state index in [2.05, 4.69) is 31.0 Å². The minimum Gasteiger partial charge on any atom is -0.463 e. The summed E-state index contributed by atoms with van der Waals surface area (Å²) in [6.07, 6.45) is 3.19. The van der Waals surface area contributed by atoms with Gasteiger partial charge in [-0.1, -0.05) is 22.0 Å². The summed E-state index contributed by atoms with van der Waals surface area (Å²) in [4.78, 5) is 8.48. The third kappa shape index (κ3) is 2.54. The normalized spacial score (nSPS) is 11.2. The second kappa shape index (κ2) is 5.72. The van der Waals surface area contributed by atoms with Crippen LogP contribution in [0.5, 0.6) is 0 Å². The van der Waals surface area contributed by atoms with E-state index >= 15 is 0 Å². The molecule has 0 aliphatic rings. The fourth-order valence-corrected chi connectivity index (χ4v) is 2.83. The molecule has 2 N–H and O–H groups in total. The number of aromatic nitrogens is 4. The van der Waals surface area contributed by atoms with Crippen LogP contribution in [0, 0.1) is 5.82 Å². The molecular formula is C16H11BrFN5O. The molecule has 6 nitrogen and oxygen atoms in total. The van der Waals surface area contributed by atoms with E-state index in [1.807, 2.05) is 0 Å². The average molecular weight is 387 g/mol. The molecule has 120 valence electrons. The van der Waals surface area contributed by atoms with Gasteiger partial charge < -0.3 is 10.2 Å². The van der Waals surface area contributed by atoms with Gasteiger partial charge in [-0.3, -0.25) is 0 Å². The van der Waals surface area contributed by atoms with E-state index in [0.29, 0.717) is 32.5 Å². The molecule has 4 rings (SSSR count). The first-order chi connectivity index (χ1) is 11.6. The largest absolute Gasteiger partial charge is 0.463 e. The fourth-order valence-electron chi connectivity index (χ4n) is 2.50. The molecule has 8 heteroatoms. The summed E-state index contributed by atoms with van der Waals surface area (Å²) in [5, 5.41) is 5.00. The Morgan fingerprint density at radius 1 is 1.25 bits per heavy atom. The van der Waals surface area contributed by atoms with Gasteiger partial charge in [0.1, 0.15) is 11.5 Å². The van der Waals surface area contributed by atoms with Crippen molar-refractivity contribution in [3.8, 4) is 11.5 Å². The van der Waals surface area contributed by atoms with Crippen molar-refractivity contribution in [1.82, 2.24) is 19.7 Å². The fraction of sp³-hybridized carbons (Fsp3) is 0.0625. The van der Waals surface area contributed by atoms with Crippen molar-refractivity contribution in [2.45, 2.75) is 6.54 Å². The summed E-state index contributed by atoms with van der Waals surface area (Å²) in [7, 11) is 0. The van der Waals surface area contributed by atoms with E-state index in [-0.39, 0.29) is 18.3 Å². The summed E-state index contributed by atoms with van der Waals surface area (Å²) < 4.78 is 21.7. The quantitative estimate of drug-likeness (QED) is 0.581. The minimum absolute atomic E-state index is 0.104. The predicted molar refractivity (Wildman–Crippen MR) is 90.6 cm³/mol. The monoisotopic (exact) mass is 386 g/mol. The molecule has 0 atom stereocenters. The van der Waals surface area contributed by atoms with Crippen molar-refractivity contribution < 1.29 is 8.81 Å². The number of hydrogen-bond donors (Lipinski definition) is 1. The van der Waals surface area contributed by atoms with Gasteiger partial charge in [-0.05, 0) is 24.3 Å². The lowest BCUT2D eigenvalue weighted by molar-refractivity contribution is 0.580. The Balaban J connectivity index is 1.83. The summed E-state index contributed by atoms with van der Waals surface area (Å²) >= 11 is 3.25. The molecule has 0 spiro atoms. The highest BCUT2D eigenvalue weighted by Crippen LogP contribution is 2.27. The molecule has 0 fully saturated rings. The Kier molecular flexibility index (Phi) is 3.53. The highest BCUT2D eigenvalue weighted by molar-refractivity contribution is 9.10. The molecule has 0 aliphatic carbocycles. The number of benzene rings is 1. The lowest BCUT2D eigenvalue weighted by Gasteiger charge is -2.06. The minimum atomic E-state index is -0.318. The van der Waals surface area contributed by atoms with Gasteiger partial charge in [0, 0.05) is 10.0 Å². The van der Waals surface area contributed by atoms with E-state index in [9.17, 15) is 4.39 Å². The number of nitrogens with two attached hydrogens (primary N) is 1. The van der Waals surface area contributed by atoms with Crippen LogP contribution in [0.3, 0.4) is 0 Å². The van der Waals surface area contributed by atoms with Crippen molar-refractivity contribution in [2.24, 2.45) is 0 Å². The number of rotatable bonds is 3. The maximum atomic E-state index is 14.1. The topological polar surface area (TPSA) is 82.8 Å². The summed E-state index contributed by atoms with van der Waals surface area (Å²) in [5.41, 5.74) is 7.40. The second-order valence-electron chi connectivity index (χ2n) is 5.18. The molecule has 4 aromatic rings. The van der Waals surface area contributed by atoms with E-state index in [1.54, 1.807) is 41.4 Å². The van der Waals surface area contributed by atoms with Crippen molar-refractivity contribution >= 4 is 32.9 Å². The van der Waals surface area contributed by atoms with Gasteiger partial charge >= 0.3 is 0 Å². The van der Waals surface area contributed by atoms with Gasteiger partial charge in [0.2, 0.25) is 5.95 Å². The smallest absolute Gasteiger partial charge is 0.222 e. The molecule has 3 heterocycles. The van der Waals surface area contributed by atoms with Crippen molar-refractivity contribution in [1.29, 1.82) is 0 Å². The first-order valence-corrected chi connectivity index (χ1v) is 7.88. The van der Waals surface area contributed by atoms with Crippen LogP contribution in [0.15, 0.2) is 51.7 Å². The van der Waals surface area contributed by atoms with Crippen molar-refractivity contribution in [3.63, 3.8) is 0 Å². The summed E-state index contributed by atoms with van der Waals surface area (Å²) in [6, 6.07) is 8.44. The Labute approximate surface area is 144 Å². The van der Waals surface area contributed by atoms with E-state index in [0.717, 1.165) is 0 Å². The molecule has 0 saturated heterocycles. The van der Waals surface area contributed by atoms with Crippen LogP contribution in [0.4, 0.5) is 10.3 Å². The third-order valence-electron chi connectivity index (χ3n) is 3.60. The maximum Gasteiger partial charge on any atom is 0.222 e. The first-order valence-electron chi connectivity index (χ1n) is 7.08. The van der Waals surface area contributed by atoms with Crippen LogP contribution in [-0.2, 0) is 6.54 Å². The molecule has 24 heavy (non-hydrogen) atoms. The van der Waals surface area contributed by atoms with E-state index in [4.69, 9.17) is 10.2 Å². The molecule has 0 amide bonds.